The summed E-state index contributed by atoms with van der Waals surface area (Å²) in [7, 11) is 0. The van der Waals surface area contributed by atoms with Gasteiger partial charge in [0.25, 0.3) is 0 Å². The molecule has 1 fully saturated rings. The highest BCUT2D eigenvalue weighted by Crippen LogP contribution is 2.32. The average molecular weight is 311 g/mol. The summed E-state index contributed by atoms with van der Waals surface area (Å²) in [6, 6.07) is 5.61. The molecule has 0 unspecified atom stereocenters. The summed E-state index contributed by atoms with van der Waals surface area (Å²) in [6.07, 6.45) is 6.39. The highest BCUT2D eigenvalue weighted by molar-refractivity contribution is 9.10. The third-order valence-electron chi connectivity index (χ3n) is 2.86. The Hall–Kier alpha value is -1.29. The van der Waals surface area contributed by atoms with Crippen molar-refractivity contribution in [3.8, 4) is 5.75 Å². The van der Waals surface area contributed by atoms with E-state index in [1.165, 1.54) is 12.8 Å². The van der Waals surface area contributed by atoms with E-state index in [4.69, 9.17) is 9.84 Å². The molecule has 1 aliphatic rings. The number of aliphatic carboxylic acids is 1. The summed E-state index contributed by atoms with van der Waals surface area (Å²) in [5.74, 6) is 0.605. The zero-order valence-electron chi connectivity index (χ0n) is 9.93. The van der Waals surface area contributed by atoms with E-state index in [0.717, 1.165) is 34.2 Å². The van der Waals surface area contributed by atoms with Crippen molar-refractivity contribution < 1.29 is 14.6 Å². The van der Waals surface area contributed by atoms with Crippen LogP contribution >= 0.6 is 15.9 Å². The molecule has 2 rings (SSSR count). The van der Waals surface area contributed by atoms with Gasteiger partial charge in [-0.05, 0) is 36.6 Å². The molecule has 1 aromatic carbocycles. The second-order valence-corrected chi connectivity index (χ2v) is 5.35. The molecule has 0 saturated heterocycles. The van der Waals surface area contributed by atoms with Gasteiger partial charge in [-0.2, -0.15) is 0 Å². The second kappa shape index (κ2) is 6.05. The smallest absolute Gasteiger partial charge is 0.328 e. The molecule has 96 valence electrons. The predicted molar refractivity (Wildman–Crippen MR) is 73.6 cm³/mol. The molecule has 1 N–H and O–H groups in total. The van der Waals surface area contributed by atoms with E-state index in [1.54, 1.807) is 6.08 Å². The third-order valence-corrected chi connectivity index (χ3v) is 3.35. The van der Waals surface area contributed by atoms with Crippen molar-refractivity contribution in [3.63, 3.8) is 0 Å². The maximum absolute atomic E-state index is 10.5. The molecular weight excluding hydrogens is 296 g/mol. The topological polar surface area (TPSA) is 46.5 Å². The normalized spacial score (nSPS) is 14.9. The average Bonchev–Trinajstić information content (AvgIpc) is 3.13. The largest absolute Gasteiger partial charge is 0.493 e. The van der Waals surface area contributed by atoms with Crippen LogP contribution in [0.5, 0.6) is 5.75 Å². The van der Waals surface area contributed by atoms with Crippen LogP contribution in [0.3, 0.4) is 0 Å². The summed E-state index contributed by atoms with van der Waals surface area (Å²) in [4.78, 5) is 10.5. The van der Waals surface area contributed by atoms with Gasteiger partial charge in [-0.25, -0.2) is 4.79 Å². The predicted octanol–water partition coefficient (Wildman–Crippen LogP) is 3.73. The zero-order valence-corrected chi connectivity index (χ0v) is 11.5. The number of carboxylic acids is 1. The number of carboxylic acid groups (broad SMARTS) is 1. The van der Waals surface area contributed by atoms with Crippen LogP contribution in [-0.4, -0.2) is 17.7 Å². The summed E-state index contributed by atoms with van der Waals surface area (Å²) < 4.78 is 6.61. The first kappa shape index (κ1) is 13.1. The molecule has 1 saturated carbocycles. The van der Waals surface area contributed by atoms with Crippen LogP contribution in [0, 0.1) is 5.92 Å². The van der Waals surface area contributed by atoms with E-state index < -0.39 is 5.97 Å². The zero-order chi connectivity index (χ0) is 13.0. The van der Waals surface area contributed by atoms with E-state index in [0.29, 0.717) is 6.61 Å². The van der Waals surface area contributed by atoms with Crippen molar-refractivity contribution in [2.24, 2.45) is 5.92 Å². The van der Waals surface area contributed by atoms with Gasteiger partial charge < -0.3 is 9.84 Å². The minimum Gasteiger partial charge on any atom is -0.493 e. The van der Waals surface area contributed by atoms with Gasteiger partial charge in [0.15, 0.2) is 0 Å². The van der Waals surface area contributed by atoms with Gasteiger partial charge >= 0.3 is 5.97 Å². The first-order valence-electron chi connectivity index (χ1n) is 5.98. The molecule has 1 aliphatic carbocycles. The van der Waals surface area contributed by atoms with E-state index in [9.17, 15) is 4.79 Å². The lowest BCUT2D eigenvalue weighted by molar-refractivity contribution is -0.131. The van der Waals surface area contributed by atoms with Crippen LogP contribution in [0.25, 0.3) is 6.08 Å². The first-order chi connectivity index (χ1) is 8.65. The molecule has 0 spiro atoms. The molecule has 0 radical (unpaired) electrons. The minimum atomic E-state index is -0.959. The SMILES string of the molecule is O=C(O)C=Cc1cc(Br)ccc1OCCC1CC1. The molecule has 0 bridgehead atoms. The Bertz CT molecular complexity index is 464. The standard InChI is InChI=1S/C14H15BrO3/c15-12-4-5-13(18-8-7-10-1-2-10)11(9-12)3-6-14(16)17/h3-6,9-10H,1-2,7-8H2,(H,16,17). The van der Waals surface area contributed by atoms with Crippen molar-refractivity contribution in [1.82, 2.24) is 0 Å². The van der Waals surface area contributed by atoms with Gasteiger partial charge in [0, 0.05) is 16.1 Å². The number of ether oxygens (including phenoxy) is 1. The quantitative estimate of drug-likeness (QED) is 0.814. The molecule has 0 amide bonds. The van der Waals surface area contributed by atoms with Crippen molar-refractivity contribution in [2.75, 3.05) is 6.61 Å². The van der Waals surface area contributed by atoms with Gasteiger partial charge in [-0.3, -0.25) is 0 Å². The lowest BCUT2D eigenvalue weighted by Crippen LogP contribution is -1.99. The van der Waals surface area contributed by atoms with Crippen LogP contribution in [0.4, 0.5) is 0 Å². The van der Waals surface area contributed by atoms with Crippen molar-refractivity contribution in [1.29, 1.82) is 0 Å². The molecule has 4 heteroatoms. The van der Waals surface area contributed by atoms with Crippen LogP contribution in [0.15, 0.2) is 28.7 Å². The highest BCUT2D eigenvalue weighted by atomic mass is 79.9. The van der Waals surface area contributed by atoms with Crippen LogP contribution in [0.1, 0.15) is 24.8 Å². The Morgan fingerprint density at radius 1 is 1.50 bits per heavy atom. The Balaban J connectivity index is 2.03. The second-order valence-electron chi connectivity index (χ2n) is 4.43. The maximum Gasteiger partial charge on any atom is 0.328 e. The fourth-order valence-electron chi connectivity index (χ4n) is 1.68. The summed E-state index contributed by atoms with van der Waals surface area (Å²) in [5.41, 5.74) is 0.780. The van der Waals surface area contributed by atoms with Crippen LogP contribution in [0.2, 0.25) is 0 Å². The molecule has 1 aromatic rings. The van der Waals surface area contributed by atoms with Gasteiger partial charge in [-0.1, -0.05) is 28.8 Å². The van der Waals surface area contributed by atoms with E-state index in [2.05, 4.69) is 15.9 Å². The van der Waals surface area contributed by atoms with Gasteiger partial charge in [-0.15, -0.1) is 0 Å². The molecule has 0 atom stereocenters. The molecule has 0 heterocycles. The van der Waals surface area contributed by atoms with Crippen LogP contribution < -0.4 is 4.74 Å². The molecule has 0 aromatic heterocycles. The fraction of sp³-hybridized carbons (Fsp3) is 0.357. The molecular formula is C14H15BrO3. The summed E-state index contributed by atoms with van der Waals surface area (Å²) in [6.45, 7) is 0.695. The summed E-state index contributed by atoms with van der Waals surface area (Å²) >= 11 is 3.37. The minimum absolute atomic E-state index is 0.695. The van der Waals surface area contributed by atoms with Gasteiger partial charge in [0.05, 0.1) is 6.61 Å². The molecule has 18 heavy (non-hydrogen) atoms. The van der Waals surface area contributed by atoms with Crippen LogP contribution in [-0.2, 0) is 4.79 Å². The fourth-order valence-corrected chi connectivity index (χ4v) is 2.06. The van der Waals surface area contributed by atoms with Crippen molar-refractivity contribution in [2.45, 2.75) is 19.3 Å². The van der Waals surface area contributed by atoms with E-state index in [-0.39, 0.29) is 0 Å². The monoisotopic (exact) mass is 310 g/mol. The number of halogens is 1. The lowest BCUT2D eigenvalue weighted by atomic mass is 10.2. The number of rotatable bonds is 6. The van der Waals surface area contributed by atoms with E-state index in [1.807, 2.05) is 18.2 Å². The highest BCUT2D eigenvalue weighted by Gasteiger charge is 2.20. The molecule has 3 nitrogen and oxygen atoms in total. The van der Waals surface area contributed by atoms with Crippen molar-refractivity contribution >= 4 is 28.0 Å². The van der Waals surface area contributed by atoms with E-state index >= 15 is 0 Å². The Labute approximate surface area is 115 Å². The Kier molecular flexibility index (Phi) is 4.42. The third kappa shape index (κ3) is 4.18. The number of carbonyl (C=O) groups is 1. The maximum atomic E-state index is 10.5. The Morgan fingerprint density at radius 3 is 2.94 bits per heavy atom. The lowest BCUT2D eigenvalue weighted by Gasteiger charge is -2.09. The van der Waals surface area contributed by atoms with Crippen molar-refractivity contribution in [3.05, 3.63) is 34.3 Å². The number of hydrogen-bond acceptors (Lipinski definition) is 2. The Morgan fingerprint density at radius 2 is 2.28 bits per heavy atom. The van der Waals surface area contributed by atoms with Gasteiger partial charge in [0.1, 0.15) is 5.75 Å². The van der Waals surface area contributed by atoms with Gasteiger partial charge in [0.2, 0.25) is 0 Å². The number of hydrogen-bond donors (Lipinski definition) is 1. The number of benzene rings is 1. The first-order valence-corrected chi connectivity index (χ1v) is 6.78. The molecule has 0 aliphatic heterocycles. The summed E-state index contributed by atoms with van der Waals surface area (Å²) in [5, 5.41) is 8.65.